The molecule has 0 bridgehead atoms. The molecule has 0 spiro atoms. The van der Waals surface area contributed by atoms with Crippen LogP contribution in [0.3, 0.4) is 0 Å². The van der Waals surface area contributed by atoms with Gasteiger partial charge in [0.05, 0.1) is 11.1 Å². The fourth-order valence-electron chi connectivity index (χ4n) is 1.09. The topological polar surface area (TPSA) is 29.1 Å². The first-order chi connectivity index (χ1) is 7.36. The third-order valence-electron chi connectivity index (χ3n) is 2.32. The largest absolute Gasteiger partial charge is 0.325 e. The van der Waals surface area contributed by atoms with Crippen molar-refractivity contribution in [2.24, 2.45) is 5.41 Å². The summed E-state index contributed by atoms with van der Waals surface area (Å²) in [6, 6.07) is 5.82. The highest BCUT2D eigenvalue weighted by Crippen LogP contribution is 2.26. The molecule has 0 atom stereocenters. The van der Waals surface area contributed by atoms with Crippen molar-refractivity contribution in [3.8, 4) is 0 Å². The monoisotopic (exact) mass is 303 g/mol. The molecule has 1 aromatic carbocycles. The molecule has 0 unspecified atom stereocenters. The predicted octanol–water partition coefficient (Wildman–Crippen LogP) is 3.96. The van der Waals surface area contributed by atoms with Crippen molar-refractivity contribution in [1.82, 2.24) is 0 Å². The number of nitrogens with one attached hydrogen (secondary N) is 1. The lowest BCUT2D eigenvalue weighted by atomic mass is 9.95. The van der Waals surface area contributed by atoms with E-state index in [1.807, 2.05) is 39.0 Å². The average Bonchev–Trinajstić information content (AvgIpc) is 2.23. The number of rotatable bonds is 3. The molecule has 4 heteroatoms. The standard InChI is InChI=1S/C12H15BrClNO/c1-8-4-5-9(13)10(6-8)15-11(16)12(2,3)7-14/h4-6H,7H2,1-3H3,(H,15,16). The van der Waals surface area contributed by atoms with Crippen molar-refractivity contribution in [2.45, 2.75) is 20.8 Å². The van der Waals surface area contributed by atoms with Gasteiger partial charge in [-0.3, -0.25) is 4.79 Å². The SMILES string of the molecule is Cc1ccc(Br)c(NC(=O)C(C)(C)CCl)c1. The quantitative estimate of drug-likeness (QED) is 0.841. The molecular formula is C12H15BrClNO. The Bertz CT molecular complexity index is 404. The van der Waals surface area contributed by atoms with E-state index in [-0.39, 0.29) is 5.91 Å². The highest BCUT2D eigenvalue weighted by Gasteiger charge is 2.26. The van der Waals surface area contributed by atoms with Crippen LogP contribution in [-0.4, -0.2) is 11.8 Å². The zero-order valence-corrected chi connectivity index (χ0v) is 11.9. The van der Waals surface area contributed by atoms with Gasteiger partial charge in [-0.15, -0.1) is 11.6 Å². The van der Waals surface area contributed by atoms with Crippen molar-refractivity contribution in [3.05, 3.63) is 28.2 Å². The molecule has 0 saturated carbocycles. The Morgan fingerprint density at radius 3 is 2.69 bits per heavy atom. The lowest BCUT2D eigenvalue weighted by molar-refractivity contribution is -0.122. The third kappa shape index (κ3) is 3.22. The number of halogens is 2. The second kappa shape index (κ2) is 5.19. The molecule has 1 N–H and O–H groups in total. The molecule has 0 aromatic heterocycles. The van der Waals surface area contributed by atoms with Crippen molar-refractivity contribution in [3.63, 3.8) is 0 Å². The summed E-state index contributed by atoms with van der Waals surface area (Å²) < 4.78 is 0.872. The normalized spacial score (nSPS) is 11.3. The Hall–Kier alpha value is -0.540. The number of anilines is 1. The minimum atomic E-state index is -0.565. The van der Waals surface area contributed by atoms with Gasteiger partial charge in [0.2, 0.25) is 5.91 Å². The fraction of sp³-hybridized carbons (Fsp3) is 0.417. The summed E-state index contributed by atoms with van der Waals surface area (Å²) in [6.07, 6.45) is 0. The maximum absolute atomic E-state index is 11.9. The molecule has 0 fully saturated rings. The van der Waals surface area contributed by atoms with Crippen molar-refractivity contribution >= 4 is 39.1 Å². The molecule has 1 rings (SSSR count). The molecule has 0 aliphatic carbocycles. The van der Waals surface area contributed by atoms with Gasteiger partial charge in [-0.25, -0.2) is 0 Å². The third-order valence-corrected chi connectivity index (χ3v) is 3.68. The summed E-state index contributed by atoms with van der Waals surface area (Å²) in [5, 5.41) is 2.87. The molecule has 1 aromatic rings. The molecule has 2 nitrogen and oxygen atoms in total. The Labute approximate surface area is 110 Å². The number of alkyl halides is 1. The molecule has 0 heterocycles. The van der Waals surface area contributed by atoms with Crippen LogP contribution < -0.4 is 5.32 Å². The van der Waals surface area contributed by atoms with E-state index in [4.69, 9.17) is 11.6 Å². The van der Waals surface area contributed by atoms with Gasteiger partial charge in [0.1, 0.15) is 0 Å². The van der Waals surface area contributed by atoms with E-state index in [9.17, 15) is 4.79 Å². The second-order valence-electron chi connectivity index (χ2n) is 4.45. The summed E-state index contributed by atoms with van der Waals surface area (Å²) in [4.78, 5) is 11.9. The minimum absolute atomic E-state index is 0.0752. The zero-order valence-electron chi connectivity index (χ0n) is 9.60. The lowest BCUT2D eigenvalue weighted by Gasteiger charge is -2.21. The number of benzene rings is 1. The van der Waals surface area contributed by atoms with E-state index in [0.717, 1.165) is 15.7 Å². The smallest absolute Gasteiger partial charge is 0.231 e. The van der Waals surface area contributed by atoms with Crippen molar-refractivity contribution < 1.29 is 4.79 Å². The predicted molar refractivity (Wildman–Crippen MR) is 72.0 cm³/mol. The molecule has 0 aliphatic heterocycles. The first kappa shape index (κ1) is 13.5. The van der Waals surface area contributed by atoms with Crippen LogP contribution >= 0.6 is 27.5 Å². The molecular weight excluding hydrogens is 289 g/mol. The van der Waals surface area contributed by atoms with E-state index < -0.39 is 5.41 Å². The molecule has 0 radical (unpaired) electrons. The van der Waals surface area contributed by atoms with Gasteiger partial charge in [0.15, 0.2) is 0 Å². The summed E-state index contributed by atoms with van der Waals surface area (Å²) in [6.45, 7) is 5.62. The summed E-state index contributed by atoms with van der Waals surface area (Å²) in [7, 11) is 0. The molecule has 1 amide bonds. The second-order valence-corrected chi connectivity index (χ2v) is 5.58. The number of hydrogen-bond donors (Lipinski definition) is 1. The van der Waals surface area contributed by atoms with E-state index in [1.165, 1.54) is 0 Å². The molecule has 0 saturated heterocycles. The summed E-state index contributed by atoms with van der Waals surface area (Å²) in [5.74, 6) is 0.219. The van der Waals surface area contributed by atoms with Crippen LogP contribution in [0.4, 0.5) is 5.69 Å². The fourth-order valence-corrected chi connectivity index (χ4v) is 1.55. The van der Waals surface area contributed by atoms with Gasteiger partial charge < -0.3 is 5.32 Å². The summed E-state index contributed by atoms with van der Waals surface area (Å²) >= 11 is 9.15. The zero-order chi connectivity index (χ0) is 12.3. The highest BCUT2D eigenvalue weighted by molar-refractivity contribution is 9.10. The average molecular weight is 305 g/mol. The van der Waals surface area contributed by atoms with Crippen molar-refractivity contribution in [1.29, 1.82) is 0 Å². The lowest BCUT2D eigenvalue weighted by Crippen LogP contribution is -2.32. The number of hydrogen-bond acceptors (Lipinski definition) is 1. The van der Waals surface area contributed by atoms with Crippen molar-refractivity contribution in [2.75, 3.05) is 11.2 Å². The van der Waals surface area contributed by atoms with Gasteiger partial charge >= 0.3 is 0 Å². The summed E-state index contributed by atoms with van der Waals surface area (Å²) in [5.41, 5.74) is 1.32. The number of carbonyl (C=O) groups is 1. The van der Waals surface area contributed by atoms with Gasteiger partial charge in [-0.1, -0.05) is 6.07 Å². The van der Waals surface area contributed by atoms with Gasteiger partial charge in [0.25, 0.3) is 0 Å². The first-order valence-electron chi connectivity index (χ1n) is 5.00. The number of carbonyl (C=O) groups excluding carboxylic acids is 1. The van der Waals surface area contributed by atoms with Gasteiger partial charge in [-0.2, -0.15) is 0 Å². The van der Waals surface area contributed by atoms with Crippen LogP contribution in [0.25, 0.3) is 0 Å². The molecule has 16 heavy (non-hydrogen) atoms. The van der Waals surface area contributed by atoms with E-state index >= 15 is 0 Å². The molecule has 0 aliphatic rings. The molecule has 88 valence electrons. The van der Waals surface area contributed by atoms with E-state index in [0.29, 0.717) is 5.88 Å². The van der Waals surface area contributed by atoms with E-state index in [1.54, 1.807) is 0 Å². The number of amides is 1. The maximum atomic E-state index is 11.9. The Morgan fingerprint density at radius 1 is 1.50 bits per heavy atom. The highest BCUT2D eigenvalue weighted by atomic mass is 79.9. The number of aryl methyl sites for hydroxylation is 1. The Kier molecular flexibility index (Phi) is 4.39. The van der Waals surface area contributed by atoms with Crippen LogP contribution in [0.2, 0.25) is 0 Å². The van der Waals surface area contributed by atoms with Crippen LogP contribution in [-0.2, 0) is 4.79 Å². The van der Waals surface area contributed by atoms with Gasteiger partial charge in [-0.05, 0) is 54.4 Å². The minimum Gasteiger partial charge on any atom is -0.325 e. The van der Waals surface area contributed by atoms with E-state index in [2.05, 4.69) is 21.2 Å². The Balaban J connectivity index is 2.89. The maximum Gasteiger partial charge on any atom is 0.231 e. The Morgan fingerprint density at radius 2 is 2.12 bits per heavy atom. The van der Waals surface area contributed by atoms with Crippen LogP contribution in [0.15, 0.2) is 22.7 Å². The van der Waals surface area contributed by atoms with Crippen LogP contribution in [0, 0.1) is 12.3 Å². The van der Waals surface area contributed by atoms with Crippen LogP contribution in [0.1, 0.15) is 19.4 Å². The first-order valence-corrected chi connectivity index (χ1v) is 6.33. The van der Waals surface area contributed by atoms with Crippen LogP contribution in [0.5, 0.6) is 0 Å². The van der Waals surface area contributed by atoms with Gasteiger partial charge in [0, 0.05) is 10.4 Å².